The van der Waals surface area contributed by atoms with Gasteiger partial charge in [-0.15, -0.1) is 0 Å². The molecule has 2 aromatic heterocycles. The summed E-state index contributed by atoms with van der Waals surface area (Å²) in [6.45, 7) is 7.75. The molecule has 2 aromatic rings. The number of furan rings is 1. The Morgan fingerprint density at radius 2 is 2.13 bits per heavy atom. The average Bonchev–Trinajstić information content (AvgIpc) is 3.21. The molecule has 2 bridgehead atoms. The lowest BCUT2D eigenvalue weighted by molar-refractivity contribution is -0.124. The van der Waals surface area contributed by atoms with E-state index in [1.54, 1.807) is 6.92 Å². The number of hydrogen-bond donors (Lipinski definition) is 1. The third kappa shape index (κ3) is 2.86. The van der Waals surface area contributed by atoms with E-state index in [0.717, 1.165) is 18.6 Å². The lowest BCUT2D eigenvalue weighted by Crippen LogP contribution is -2.35. The highest BCUT2D eigenvalue weighted by molar-refractivity contribution is 6.04. The van der Waals surface area contributed by atoms with Crippen molar-refractivity contribution in [1.29, 1.82) is 0 Å². The van der Waals surface area contributed by atoms with Gasteiger partial charge >= 0.3 is 5.97 Å². The Morgan fingerprint density at radius 3 is 2.77 bits per heavy atom. The van der Waals surface area contributed by atoms with Crippen LogP contribution in [0.3, 0.4) is 0 Å². The summed E-state index contributed by atoms with van der Waals surface area (Å²) in [5.74, 6) is -0.558. The normalized spacial score (nSPS) is 25.8. The summed E-state index contributed by atoms with van der Waals surface area (Å²) < 4.78 is 11.8. The zero-order chi connectivity index (χ0) is 21.8. The van der Waals surface area contributed by atoms with Crippen LogP contribution in [-0.2, 0) is 16.6 Å². The molecule has 0 aliphatic heterocycles. The minimum absolute atomic E-state index is 0.0137. The van der Waals surface area contributed by atoms with Gasteiger partial charge in [-0.25, -0.2) is 15.2 Å². The van der Waals surface area contributed by atoms with E-state index >= 15 is 0 Å². The van der Waals surface area contributed by atoms with Gasteiger partial charge in [0.2, 0.25) is 5.71 Å². The van der Waals surface area contributed by atoms with E-state index in [1.807, 2.05) is 0 Å². The molecule has 2 atom stereocenters. The number of fused-ring (bicyclic) bond motifs is 3. The molecule has 0 spiro atoms. The number of hydrogen-bond acceptors (Lipinski definition) is 7. The van der Waals surface area contributed by atoms with Crippen LogP contribution in [-0.4, -0.2) is 33.7 Å². The Bertz CT molecular complexity index is 1140. The molecule has 4 rings (SSSR count). The number of aromatic nitrogens is 2. The number of esters is 1. The van der Waals surface area contributed by atoms with Crippen molar-refractivity contribution in [1.82, 2.24) is 15.0 Å². The molecule has 0 saturated heterocycles. The summed E-state index contributed by atoms with van der Waals surface area (Å²) in [6.07, 6.45) is 4.43. The molecule has 9 nitrogen and oxygen atoms in total. The highest BCUT2D eigenvalue weighted by Crippen LogP contribution is 2.63. The Morgan fingerprint density at radius 1 is 1.40 bits per heavy atom. The molecule has 2 aliphatic rings. The maximum atomic E-state index is 12.5. The van der Waals surface area contributed by atoms with Crippen LogP contribution in [0.4, 0.5) is 0 Å². The van der Waals surface area contributed by atoms with Crippen LogP contribution in [0.25, 0.3) is 11.1 Å². The van der Waals surface area contributed by atoms with Crippen LogP contribution in [0.15, 0.2) is 20.6 Å². The Balaban J connectivity index is 1.44. The third-order valence-electron chi connectivity index (χ3n) is 7.31. The second-order valence-electron chi connectivity index (χ2n) is 9.04. The average molecular weight is 414 g/mol. The van der Waals surface area contributed by atoms with E-state index in [4.69, 9.17) is 9.15 Å². The number of carbonyl (C=O) groups is 2. The predicted octanol–water partition coefficient (Wildman–Crippen LogP) is 2.31. The van der Waals surface area contributed by atoms with Gasteiger partial charge in [-0.3, -0.25) is 9.59 Å². The van der Waals surface area contributed by atoms with Gasteiger partial charge in [-0.1, -0.05) is 20.8 Å². The number of hydrazone groups is 1. The molecule has 2 heterocycles. The van der Waals surface area contributed by atoms with Crippen LogP contribution < -0.4 is 11.0 Å². The number of aryl methyl sites for hydroxylation is 2. The van der Waals surface area contributed by atoms with Gasteiger partial charge in [-0.2, -0.15) is 5.10 Å². The quantitative estimate of drug-likeness (QED) is 0.606. The van der Waals surface area contributed by atoms with Crippen molar-refractivity contribution in [2.24, 2.45) is 28.9 Å². The maximum Gasteiger partial charge on any atom is 0.343 e. The topological polar surface area (TPSA) is 116 Å². The van der Waals surface area contributed by atoms with Gasteiger partial charge in [0.15, 0.2) is 6.61 Å². The first-order valence-electron chi connectivity index (χ1n) is 10.0. The van der Waals surface area contributed by atoms with E-state index in [1.165, 1.54) is 24.4 Å². The maximum absolute atomic E-state index is 12.5. The first-order chi connectivity index (χ1) is 14.1. The second kappa shape index (κ2) is 6.78. The summed E-state index contributed by atoms with van der Waals surface area (Å²) in [7, 11) is 1.52. The summed E-state index contributed by atoms with van der Waals surface area (Å²) in [4.78, 5) is 41.1. The van der Waals surface area contributed by atoms with Gasteiger partial charge in [0.25, 0.3) is 11.5 Å². The molecule has 0 aromatic carbocycles. The summed E-state index contributed by atoms with van der Waals surface area (Å²) >= 11 is 0. The minimum atomic E-state index is -0.813. The summed E-state index contributed by atoms with van der Waals surface area (Å²) in [6, 6.07) is 0. The van der Waals surface area contributed by atoms with E-state index in [9.17, 15) is 14.4 Å². The van der Waals surface area contributed by atoms with Crippen molar-refractivity contribution in [2.45, 2.75) is 47.0 Å². The van der Waals surface area contributed by atoms with Crippen LogP contribution in [0, 0.1) is 23.7 Å². The number of carbonyl (C=O) groups excluding carboxylic acids is 2. The SMILES string of the molecule is Cc1oc2ncn(C)c(=O)c2c1C(=O)OCC(=O)N/N=C1\CC2CCC1(C)C2(C)C. The molecule has 0 radical (unpaired) electrons. The molecule has 2 aliphatic carbocycles. The molecule has 160 valence electrons. The smallest absolute Gasteiger partial charge is 0.343 e. The molecule has 30 heavy (non-hydrogen) atoms. The van der Waals surface area contributed by atoms with Crippen LogP contribution in [0.1, 0.15) is 56.2 Å². The molecule has 2 unspecified atom stereocenters. The van der Waals surface area contributed by atoms with Crippen molar-refractivity contribution < 1.29 is 18.7 Å². The fourth-order valence-corrected chi connectivity index (χ4v) is 4.90. The molecular weight excluding hydrogens is 388 g/mol. The van der Waals surface area contributed by atoms with Gasteiger partial charge in [0.05, 0.1) is 0 Å². The van der Waals surface area contributed by atoms with Gasteiger partial charge in [0.1, 0.15) is 23.0 Å². The number of amides is 1. The van der Waals surface area contributed by atoms with Crippen LogP contribution >= 0.6 is 0 Å². The molecule has 1 amide bonds. The fourth-order valence-electron chi connectivity index (χ4n) is 4.90. The largest absolute Gasteiger partial charge is 0.452 e. The van der Waals surface area contributed by atoms with Crippen molar-refractivity contribution in [3.8, 4) is 0 Å². The Labute approximate surface area is 173 Å². The van der Waals surface area contributed by atoms with E-state index in [-0.39, 0.29) is 33.3 Å². The standard InChI is InChI=1S/C21H26N4O5/c1-11-15(16-17(30-11)22-10-25(5)18(16)27)19(28)29-9-14(26)24-23-13-8-12-6-7-21(13,4)20(12,2)3/h10,12H,6-9H2,1-5H3,(H,24,26)/b23-13+. The number of nitrogens with one attached hydrogen (secondary N) is 1. The van der Waals surface area contributed by atoms with Crippen molar-refractivity contribution in [2.75, 3.05) is 6.61 Å². The van der Waals surface area contributed by atoms with Gasteiger partial charge < -0.3 is 13.7 Å². The van der Waals surface area contributed by atoms with Crippen LogP contribution in [0.2, 0.25) is 0 Å². The second-order valence-corrected chi connectivity index (χ2v) is 9.04. The molecule has 2 fully saturated rings. The highest BCUT2D eigenvalue weighted by atomic mass is 16.5. The van der Waals surface area contributed by atoms with Gasteiger partial charge in [0, 0.05) is 18.2 Å². The van der Waals surface area contributed by atoms with Gasteiger partial charge in [-0.05, 0) is 37.5 Å². The lowest BCUT2D eigenvalue weighted by Gasteiger charge is -2.34. The summed E-state index contributed by atoms with van der Waals surface area (Å²) in [5, 5.41) is 4.39. The first-order valence-corrected chi connectivity index (χ1v) is 10.0. The molecule has 2 saturated carbocycles. The Kier molecular flexibility index (Phi) is 4.59. The van der Waals surface area contributed by atoms with E-state index in [2.05, 4.69) is 36.3 Å². The third-order valence-corrected chi connectivity index (χ3v) is 7.31. The van der Waals surface area contributed by atoms with Crippen LogP contribution in [0.5, 0.6) is 0 Å². The number of ether oxygens (including phenoxy) is 1. The molecule has 9 heteroatoms. The fraction of sp³-hybridized carbons (Fsp3) is 0.571. The van der Waals surface area contributed by atoms with Crippen molar-refractivity contribution >= 4 is 28.7 Å². The molecule has 1 N–H and O–H groups in total. The number of nitrogens with zero attached hydrogens (tertiary/aromatic N) is 3. The monoisotopic (exact) mass is 414 g/mol. The van der Waals surface area contributed by atoms with E-state index in [0.29, 0.717) is 5.92 Å². The predicted molar refractivity (Wildman–Crippen MR) is 109 cm³/mol. The number of rotatable bonds is 4. The Hall–Kier alpha value is -2.97. The van der Waals surface area contributed by atoms with Crippen molar-refractivity contribution in [3.05, 3.63) is 28.0 Å². The highest BCUT2D eigenvalue weighted by Gasteiger charge is 2.60. The first kappa shape index (κ1) is 20.3. The zero-order valence-electron chi connectivity index (χ0n) is 17.9. The lowest BCUT2D eigenvalue weighted by atomic mass is 9.70. The van der Waals surface area contributed by atoms with Crippen molar-refractivity contribution in [3.63, 3.8) is 0 Å². The zero-order valence-corrected chi connectivity index (χ0v) is 17.9. The van der Waals surface area contributed by atoms with E-state index < -0.39 is 24.0 Å². The summed E-state index contributed by atoms with van der Waals surface area (Å²) in [5.41, 5.74) is 3.26. The molecular formula is C21H26N4O5. The minimum Gasteiger partial charge on any atom is -0.452 e.